The fraction of sp³-hybridized carbons (Fsp3) is 0.0588. The first-order valence-corrected chi connectivity index (χ1v) is 6.60. The van der Waals surface area contributed by atoms with E-state index in [0.29, 0.717) is 11.4 Å². The SMILES string of the molecule is C/C(=C/C(=O)O)C(=O)Nc1ccc(Oc2ccccc2)cc1. The van der Waals surface area contributed by atoms with Gasteiger partial charge >= 0.3 is 5.97 Å². The van der Waals surface area contributed by atoms with E-state index in [1.54, 1.807) is 24.3 Å². The van der Waals surface area contributed by atoms with Crippen LogP contribution in [0.1, 0.15) is 6.92 Å². The van der Waals surface area contributed by atoms with E-state index in [2.05, 4.69) is 5.32 Å². The summed E-state index contributed by atoms with van der Waals surface area (Å²) in [5, 5.41) is 11.2. The van der Waals surface area contributed by atoms with Crippen molar-refractivity contribution < 1.29 is 19.4 Å². The van der Waals surface area contributed by atoms with Gasteiger partial charge in [-0.3, -0.25) is 4.79 Å². The van der Waals surface area contributed by atoms with Crippen molar-refractivity contribution >= 4 is 17.6 Å². The van der Waals surface area contributed by atoms with Gasteiger partial charge < -0.3 is 15.2 Å². The Kier molecular flexibility index (Phi) is 4.93. The number of aliphatic carboxylic acids is 1. The summed E-state index contributed by atoms with van der Waals surface area (Å²) in [6, 6.07) is 16.2. The molecule has 0 heterocycles. The molecule has 0 atom stereocenters. The van der Waals surface area contributed by atoms with Gasteiger partial charge in [-0.15, -0.1) is 0 Å². The molecule has 0 saturated carbocycles. The van der Waals surface area contributed by atoms with Crippen LogP contribution >= 0.6 is 0 Å². The van der Waals surface area contributed by atoms with Crippen LogP contribution in [0.5, 0.6) is 11.5 Å². The van der Waals surface area contributed by atoms with Gasteiger partial charge in [0.2, 0.25) is 0 Å². The largest absolute Gasteiger partial charge is 0.478 e. The predicted molar refractivity (Wildman–Crippen MR) is 83.0 cm³/mol. The van der Waals surface area contributed by atoms with Gasteiger partial charge in [0.15, 0.2) is 0 Å². The minimum atomic E-state index is -1.15. The molecule has 0 fully saturated rings. The van der Waals surface area contributed by atoms with Crippen LogP contribution in [0.2, 0.25) is 0 Å². The Labute approximate surface area is 127 Å². The first-order chi connectivity index (χ1) is 10.5. The molecule has 22 heavy (non-hydrogen) atoms. The lowest BCUT2D eigenvalue weighted by atomic mass is 10.2. The highest BCUT2D eigenvalue weighted by molar-refractivity contribution is 6.06. The van der Waals surface area contributed by atoms with E-state index in [1.165, 1.54) is 6.92 Å². The maximum absolute atomic E-state index is 11.7. The van der Waals surface area contributed by atoms with Gasteiger partial charge in [-0.05, 0) is 43.3 Å². The number of rotatable bonds is 5. The number of carbonyl (C=O) groups is 2. The zero-order valence-corrected chi connectivity index (χ0v) is 11.9. The van der Waals surface area contributed by atoms with Crippen LogP contribution in [0.3, 0.4) is 0 Å². The molecule has 0 aliphatic carbocycles. The van der Waals surface area contributed by atoms with Crippen LogP contribution in [0.25, 0.3) is 0 Å². The molecular weight excluding hydrogens is 282 g/mol. The molecule has 0 aliphatic heterocycles. The van der Waals surface area contributed by atoms with Crippen molar-refractivity contribution in [2.45, 2.75) is 6.92 Å². The Bertz CT molecular complexity index is 690. The maximum Gasteiger partial charge on any atom is 0.328 e. The molecule has 112 valence electrons. The summed E-state index contributed by atoms with van der Waals surface area (Å²) in [4.78, 5) is 22.3. The molecule has 5 heteroatoms. The van der Waals surface area contributed by atoms with Crippen LogP contribution in [0.15, 0.2) is 66.2 Å². The summed E-state index contributed by atoms with van der Waals surface area (Å²) in [6.07, 6.45) is 0.863. The van der Waals surface area contributed by atoms with Crippen LogP contribution < -0.4 is 10.1 Å². The normalized spacial score (nSPS) is 10.9. The van der Waals surface area contributed by atoms with Gasteiger partial charge in [0.05, 0.1) is 0 Å². The summed E-state index contributed by atoms with van der Waals surface area (Å²) >= 11 is 0. The number of carboxylic acids is 1. The van der Waals surface area contributed by atoms with Crippen molar-refractivity contribution in [2.75, 3.05) is 5.32 Å². The minimum absolute atomic E-state index is 0.122. The van der Waals surface area contributed by atoms with Crippen LogP contribution in [0.4, 0.5) is 5.69 Å². The van der Waals surface area contributed by atoms with Crippen LogP contribution in [-0.4, -0.2) is 17.0 Å². The molecule has 0 unspecified atom stereocenters. The molecule has 2 aromatic rings. The van der Waals surface area contributed by atoms with Crippen molar-refractivity contribution in [2.24, 2.45) is 0 Å². The van der Waals surface area contributed by atoms with Crippen molar-refractivity contribution in [1.29, 1.82) is 0 Å². The fourth-order valence-electron chi connectivity index (χ4n) is 1.71. The first-order valence-electron chi connectivity index (χ1n) is 6.60. The zero-order chi connectivity index (χ0) is 15.9. The molecule has 2 aromatic carbocycles. The second kappa shape index (κ2) is 7.08. The van der Waals surface area contributed by atoms with E-state index >= 15 is 0 Å². The van der Waals surface area contributed by atoms with E-state index in [4.69, 9.17) is 9.84 Å². The average Bonchev–Trinajstić information content (AvgIpc) is 2.49. The number of anilines is 1. The molecule has 0 radical (unpaired) electrons. The van der Waals surface area contributed by atoms with E-state index < -0.39 is 11.9 Å². The van der Waals surface area contributed by atoms with Crippen molar-refractivity contribution in [3.63, 3.8) is 0 Å². The third-order valence-corrected chi connectivity index (χ3v) is 2.79. The first kappa shape index (κ1) is 15.3. The van der Waals surface area contributed by atoms with E-state index in [0.717, 1.165) is 11.8 Å². The van der Waals surface area contributed by atoms with Gasteiger partial charge in [0.25, 0.3) is 5.91 Å². The van der Waals surface area contributed by atoms with Crippen molar-refractivity contribution in [3.8, 4) is 11.5 Å². The summed E-state index contributed by atoms with van der Waals surface area (Å²) in [6.45, 7) is 1.44. The highest BCUT2D eigenvalue weighted by atomic mass is 16.5. The average molecular weight is 297 g/mol. The summed E-state index contributed by atoms with van der Waals surface area (Å²) in [5.74, 6) is -0.250. The second-order valence-corrected chi connectivity index (χ2v) is 4.56. The van der Waals surface area contributed by atoms with Gasteiger partial charge in [0.1, 0.15) is 11.5 Å². The van der Waals surface area contributed by atoms with Gasteiger partial charge in [-0.1, -0.05) is 18.2 Å². The number of hydrogen-bond donors (Lipinski definition) is 2. The number of nitrogens with one attached hydrogen (secondary N) is 1. The number of amides is 1. The monoisotopic (exact) mass is 297 g/mol. The Morgan fingerprint density at radius 1 is 1.00 bits per heavy atom. The summed E-state index contributed by atoms with van der Waals surface area (Å²) < 4.78 is 5.64. The minimum Gasteiger partial charge on any atom is -0.478 e. The Morgan fingerprint density at radius 2 is 1.59 bits per heavy atom. The number of ether oxygens (including phenoxy) is 1. The number of para-hydroxylation sites is 1. The van der Waals surface area contributed by atoms with Crippen molar-refractivity contribution in [3.05, 3.63) is 66.2 Å². The van der Waals surface area contributed by atoms with Gasteiger partial charge in [-0.25, -0.2) is 4.79 Å². The van der Waals surface area contributed by atoms with Gasteiger partial charge in [-0.2, -0.15) is 0 Å². The molecule has 0 saturated heterocycles. The molecule has 2 rings (SSSR count). The summed E-state index contributed by atoms with van der Waals surface area (Å²) in [5.41, 5.74) is 0.681. The molecule has 5 nitrogen and oxygen atoms in total. The lowest BCUT2D eigenvalue weighted by Crippen LogP contribution is -2.13. The number of benzene rings is 2. The number of carbonyl (C=O) groups excluding carboxylic acids is 1. The molecule has 0 bridgehead atoms. The fourth-order valence-corrected chi connectivity index (χ4v) is 1.71. The van der Waals surface area contributed by atoms with Crippen LogP contribution in [0, 0.1) is 0 Å². The highest BCUT2D eigenvalue weighted by Crippen LogP contribution is 2.22. The van der Waals surface area contributed by atoms with E-state index in [9.17, 15) is 9.59 Å². The molecule has 1 amide bonds. The third-order valence-electron chi connectivity index (χ3n) is 2.79. The maximum atomic E-state index is 11.7. The molecule has 0 aliphatic rings. The Morgan fingerprint density at radius 3 is 2.18 bits per heavy atom. The zero-order valence-electron chi connectivity index (χ0n) is 11.9. The second-order valence-electron chi connectivity index (χ2n) is 4.56. The Balaban J connectivity index is 2.00. The highest BCUT2D eigenvalue weighted by Gasteiger charge is 2.06. The molecule has 2 N–H and O–H groups in total. The molecule has 0 spiro atoms. The van der Waals surface area contributed by atoms with Gasteiger partial charge in [0, 0.05) is 17.3 Å². The predicted octanol–water partition coefficient (Wildman–Crippen LogP) is 3.45. The van der Waals surface area contributed by atoms with Crippen molar-refractivity contribution in [1.82, 2.24) is 0 Å². The lowest BCUT2D eigenvalue weighted by molar-refractivity contribution is -0.131. The topological polar surface area (TPSA) is 75.6 Å². The Hall–Kier alpha value is -3.08. The van der Waals surface area contributed by atoms with E-state index in [1.807, 2.05) is 30.3 Å². The number of carboxylic acid groups (broad SMARTS) is 1. The lowest BCUT2D eigenvalue weighted by Gasteiger charge is -2.08. The third kappa shape index (κ3) is 4.49. The van der Waals surface area contributed by atoms with Crippen LogP contribution in [-0.2, 0) is 9.59 Å². The smallest absolute Gasteiger partial charge is 0.328 e. The standard InChI is InChI=1S/C17H15NO4/c1-12(11-16(19)20)17(21)18-13-7-9-15(10-8-13)22-14-5-3-2-4-6-14/h2-11H,1H3,(H,18,21)(H,19,20)/b12-11-. The number of hydrogen-bond acceptors (Lipinski definition) is 3. The summed E-state index contributed by atoms with van der Waals surface area (Å²) in [7, 11) is 0. The molecular formula is C17H15NO4. The molecule has 0 aromatic heterocycles. The van der Waals surface area contributed by atoms with E-state index in [-0.39, 0.29) is 5.57 Å². The quantitative estimate of drug-likeness (QED) is 0.829.